The largest absolute Gasteiger partial charge is 0.478 e. The van der Waals surface area contributed by atoms with Crippen molar-refractivity contribution >= 4 is 23.4 Å². The van der Waals surface area contributed by atoms with Crippen LogP contribution in [0.2, 0.25) is 0 Å². The number of nitrogens with zero attached hydrogens (tertiary/aromatic N) is 2. The second kappa shape index (κ2) is 7.02. The molecule has 1 aromatic heterocycles. The zero-order valence-corrected chi connectivity index (χ0v) is 13.8. The normalized spacial score (nSPS) is 10.3. The molecule has 0 aliphatic heterocycles. The van der Waals surface area contributed by atoms with Crippen molar-refractivity contribution in [3.05, 3.63) is 71.5 Å². The summed E-state index contributed by atoms with van der Waals surface area (Å²) in [4.78, 5) is 31.1. The van der Waals surface area contributed by atoms with E-state index in [0.29, 0.717) is 23.0 Å². The van der Waals surface area contributed by atoms with Crippen LogP contribution in [0.15, 0.2) is 54.6 Å². The van der Waals surface area contributed by atoms with Gasteiger partial charge in [0.1, 0.15) is 11.6 Å². The van der Waals surface area contributed by atoms with Gasteiger partial charge in [0.25, 0.3) is 0 Å². The molecule has 3 aromatic rings. The number of aromatic nitrogens is 2. The van der Waals surface area contributed by atoms with E-state index in [1.165, 1.54) is 12.1 Å². The number of aryl methyl sites for hydroxylation is 1. The molecule has 0 spiro atoms. The predicted molar refractivity (Wildman–Crippen MR) is 95.8 cm³/mol. The maximum absolute atomic E-state index is 11.2. The van der Waals surface area contributed by atoms with Crippen molar-refractivity contribution in [2.24, 2.45) is 0 Å². The number of anilines is 2. The molecule has 0 amide bonds. The van der Waals surface area contributed by atoms with Gasteiger partial charge < -0.3 is 15.5 Å². The molecule has 0 aliphatic rings. The third-order valence-electron chi connectivity index (χ3n) is 3.61. The number of carboxylic acid groups (broad SMARTS) is 2. The molecule has 0 saturated carbocycles. The van der Waals surface area contributed by atoms with E-state index in [0.717, 1.165) is 11.6 Å². The Labute approximate surface area is 149 Å². The van der Waals surface area contributed by atoms with Crippen molar-refractivity contribution in [2.45, 2.75) is 6.92 Å². The number of hydrogen-bond acceptors (Lipinski definition) is 5. The molecule has 26 heavy (non-hydrogen) atoms. The van der Waals surface area contributed by atoms with Crippen LogP contribution in [0.5, 0.6) is 0 Å². The zero-order chi connectivity index (χ0) is 18.7. The molecule has 3 N–H and O–H groups in total. The van der Waals surface area contributed by atoms with Crippen LogP contribution in [0, 0.1) is 6.92 Å². The van der Waals surface area contributed by atoms with Crippen LogP contribution in [0.4, 0.5) is 11.5 Å². The van der Waals surface area contributed by atoms with Crippen molar-refractivity contribution < 1.29 is 19.8 Å². The van der Waals surface area contributed by atoms with Gasteiger partial charge in [-0.3, -0.25) is 0 Å². The smallest absolute Gasteiger partial charge is 0.335 e. The molecule has 0 bridgehead atoms. The van der Waals surface area contributed by atoms with Gasteiger partial charge in [0.05, 0.1) is 16.8 Å². The number of aromatic carboxylic acids is 2. The van der Waals surface area contributed by atoms with E-state index in [2.05, 4.69) is 15.3 Å². The first kappa shape index (κ1) is 17.1. The fraction of sp³-hybridized carbons (Fsp3) is 0.0526. The van der Waals surface area contributed by atoms with Gasteiger partial charge in [0.15, 0.2) is 0 Å². The highest BCUT2D eigenvalue weighted by Crippen LogP contribution is 2.23. The fourth-order valence-corrected chi connectivity index (χ4v) is 2.48. The topological polar surface area (TPSA) is 112 Å². The van der Waals surface area contributed by atoms with Crippen LogP contribution in [-0.2, 0) is 0 Å². The highest BCUT2D eigenvalue weighted by molar-refractivity contribution is 5.95. The third-order valence-corrected chi connectivity index (χ3v) is 3.61. The molecule has 130 valence electrons. The first-order valence-corrected chi connectivity index (χ1v) is 7.72. The van der Waals surface area contributed by atoms with Crippen molar-refractivity contribution in [1.82, 2.24) is 9.97 Å². The minimum absolute atomic E-state index is 0.124. The van der Waals surface area contributed by atoms with Gasteiger partial charge in [-0.15, -0.1) is 0 Å². The van der Waals surface area contributed by atoms with Crippen LogP contribution < -0.4 is 5.32 Å². The van der Waals surface area contributed by atoms with Gasteiger partial charge in [-0.05, 0) is 25.1 Å². The van der Waals surface area contributed by atoms with E-state index in [1.54, 1.807) is 13.0 Å². The monoisotopic (exact) mass is 349 g/mol. The van der Waals surface area contributed by atoms with Gasteiger partial charge in [0.2, 0.25) is 0 Å². The van der Waals surface area contributed by atoms with E-state index in [1.807, 2.05) is 30.3 Å². The van der Waals surface area contributed by atoms with Crippen LogP contribution in [-0.4, -0.2) is 32.1 Å². The summed E-state index contributed by atoms with van der Waals surface area (Å²) in [7, 11) is 0. The molecule has 0 atom stereocenters. The molecule has 1 heterocycles. The molecule has 0 aliphatic carbocycles. The van der Waals surface area contributed by atoms with Gasteiger partial charge in [-0.2, -0.15) is 0 Å². The van der Waals surface area contributed by atoms with Gasteiger partial charge in [-0.25, -0.2) is 19.6 Å². The van der Waals surface area contributed by atoms with E-state index < -0.39 is 11.9 Å². The van der Waals surface area contributed by atoms with Crippen molar-refractivity contribution in [3.63, 3.8) is 0 Å². The number of hydrogen-bond donors (Lipinski definition) is 3. The Morgan fingerprint density at radius 1 is 0.885 bits per heavy atom. The lowest BCUT2D eigenvalue weighted by atomic mass is 10.1. The number of carbonyl (C=O) groups is 2. The Morgan fingerprint density at radius 3 is 2.08 bits per heavy atom. The number of rotatable bonds is 5. The van der Waals surface area contributed by atoms with Crippen molar-refractivity contribution in [2.75, 3.05) is 5.32 Å². The average Bonchev–Trinajstić information content (AvgIpc) is 2.61. The molecule has 0 saturated heterocycles. The fourth-order valence-electron chi connectivity index (χ4n) is 2.48. The average molecular weight is 349 g/mol. The summed E-state index contributed by atoms with van der Waals surface area (Å²) >= 11 is 0. The van der Waals surface area contributed by atoms with E-state index in [4.69, 9.17) is 0 Å². The molecule has 7 nitrogen and oxygen atoms in total. The van der Waals surface area contributed by atoms with Crippen LogP contribution in [0.1, 0.15) is 26.5 Å². The minimum Gasteiger partial charge on any atom is -0.478 e. The lowest BCUT2D eigenvalue weighted by molar-refractivity contribution is 0.0696. The summed E-state index contributed by atoms with van der Waals surface area (Å²) in [5.41, 5.74) is 1.68. The Kier molecular flexibility index (Phi) is 4.62. The van der Waals surface area contributed by atoms with Crippen LogP contribution >= 0.6 is 0 Å². The maximum atomic E-state index is 11.2. The molecule has 3 rings (SSSR count). The summed E-state index contributed by atoms with van der Waals surface area (Å²) in [6.45, 7) is 1.74. The Bertz CT molecular complexity index is 955. The van der Waals surface area contributed by atoms with Gasteiger partial charge >= 0.3 is 11.9 Å². The zero-order valence-electron chi connectivity index (χ0n) is 13.8. The summed E-state index contributed by atoms with van der Waals surface area (Å²) in [6.07, 6.45) is 0. The summed E-state index contributed by atoms with van der Waals surface area (Å²) in [5.74, 6) is -1.45. The first-order chi connectivity index (χ1) is 12.4. The van der Waals surface area contributed by atoms with Gasteiger partial charge in [0, 0.05) is 17.3 Å². The molecule has 0 radical (unpaired) electrons. The quantitative estimate of drug-likeness (QED) is 0.645. The predicted octanol–water partition coefficient (Wildman–Crippen LogP) is 3.59. The van der Waals surface area contributed by atoms with Crippen molar-refractivity contribution in [3.8, 4) is 11.3 Å². The van der Waals surface area contributed by atoms with Crippen molar-refractivity contribution in [1.29, 1.82) is 0 Å². The third kappa shape index (κ3) is 3.84. The van der Waals surface area contributed by atoms with E-state index in [9.17, 15) is 19.8 Å². The lowest BCUT2D eigenvalue weighted by Gasteiger charge is -2.10. The lowest BCUT2D eigenvalue weighted by Crippen LogP contribution is -2.05. The molecular weight excluding hydrogens is 334 g/mol. The molecule has 0 fully saturated rings. The Hall–Kier alpha value is -3.74. The SMILES string of the molecule is Cc1nc(Nc2cc(C(=O)O)cc(C(=O)O)c2)cc(-c2ccccc2)n1. The summed E-state index contributed by atoms with van der Waals surface area (Å²) in [6, 6.07) is 15.1. The number of nitrogens with one attached hydrogen (secondary N) is 1. The highest BCUT2D eigenvalue weighted by atomic mass is 16.4. The summed E-state index contributed by atoms with van der Waals surface area (Å²) in [5, 5.41) is 21.3. The number of carboxylic acids is 2. The standard InChI is InChI=1S/C19H15N3O4/c1-11-20-16(12-5-3-2-4-6-12)10-17(21-11)22-15-8-13(18(23)24)7-14(9-15)19(25)26/h2-10H,1H3,(H,23,24)(H,25,26)(H,20,21,22). The van der Waals surface area contributed by atoms with Crippen LogP contribution in [0.25, 0.3) is 11.3 Å². The Morgan fingerprint density at radius 2 is 1.50 bits per heavy atom. The van der Waals surface area contributed by atoms with Gasteiger partial charge in [-0.1, -0.05) is 30.3 Å². The summed E-state index contributed by atoms with van der Waals surface area (Å²) < 4.78 is 0. The van der Waals surface area contributed by atoms with Crippen LogP contribution in [0.3, 0.4) is 0 Å². The van der Waals surface area contributed by atoms with E-state index >= 15 is 0 Å². The second-order valence-electron chi connectivity index (χ2n) is 5.59. The minimum atomic E-state index is -1.21. The Balaban J connectivity index is 2.00. The highest BCUT2D eigenvalue weighted by Gasteiger charge is 2.12. The molecule has 7 heteroatoms. The molecular formula is C19H15N3O4. The number of benzene rings is 2. The molecule has 2 aromatic carbocycles. The van der Waals surface area contributed by atoms with E-state index in [-0.39, 0.29) is 11.1 Å². The second-order valence-corrected chi connectivity index (χ2v) is 5.59. The maximum Gasteiger partial charge on any atom is 0.335 e. The molecule has 0 unspecified atom stereocenters. The first-order valence-electron chi connectivity index (χ1n) is 7.72.